The maximum absolute atomic E-state index is 12.8. The molecule has 0 aliphatic carbocycles. The highest BCUT2D eigenvalue weighted by Crippen LogP contribution is 2.40. The Hall–Kier alpha value is -4.17. The molecule has 3 heterocycles. The topological polar surface area (TPSA) is 126 Å². The van der Waals surface area contributed by atoms with E-state index in [0.717, 1.165) is 34.8 Å². The van der Waals surface area contributed by atoms with Crippen molar-refractivity contribution in [3.05, 3.63) is 74.5 Å². The van der Waals surface area contributed by atoms with E-state index in [4.69, 9.17) is 9.26 Å². The van der Waals surface area contributed by atoms with Gasteiger partial charge in [-0.15, -0.1) is 22.7 Å². The largest absolute Gasteiger partial charge is 0.506 e. The third-order valence-electron chi connectivity index (χ3n) is 5.18. The van der Waals surface area contributed by atoms with Crippen LogP contribution in [0.1, 0.15) is 43.2 Å². The zero-order valence-electron chi connectivity index (χ0n) is 19.8. The Labute approximate surface area is 221 Å². The van der Waals surface area contributed by atoms with Gasteiger partial charge in [0.05, 0.1) is 45.1 Å². The van der Waals surface area contributed by atoms with Crippen LogP contribution in [0.4, 0.5) is 13.2 Å². The first-order chi connectivity index (χ1) is 18.1. The van der Waals surface area contributed by atoms with Crippen LogP contribution in [0.3, 0.4) is 0 Å². The van der Waals surface area contributed by atoms with E-state index in [-0.39, 0.29) is 28.8 Å². The minimum atomic E-state index is -4.46. The number of nitrogens with one attached hydrogen (secondary N) is 2. The molecule has 198 valence electrons. The Morgan fingerprint density at radius 1 is 1.13 bits per heavy atom. The van der Waals surface area contributed by atoms with Gasteiger partial charge in [0.15, 0.2) is 5.76 Å². The molecule has 38 heavy (non-hydrogen) atoms. The van der Waals surface area contributed by atoms with Crippen LogP contribution in [0.25, 0.3) is 10.4 Å². The van der Waals surface area contributed by atoms with Crippen molar-refractivity contribution < 1.29 is 37.1 Å². The maximum atomic E-state index is 12.8. The lowest BCUT2D eigenvalue weighted by Crippen LogP contribution is -2.21. The molecule has 4 rings (SSSR count). The molecule has 0 atom stereocenters. The van der Waals surface area contributed by atoms with E-state index in [1.54, 1.807) is 12.3 Å². The standard InChI is InChI=1S/C24H19F3N4O5S2/c1-12(16-11-37-21(20(16)32)13-3-5-14(6-4-13)24(25,26)27)29-30-23(34)18-8-7-17(38-18)22(33)28-10-15-9-19(35-2)31-36-15/h3-9,11,32H,10H2,1-2H3,(H,28,33)(H,30,34)/b29-12+. The molecule has 4 aromatic rings. The van der Waals surface area contributed by atoms with E-state index in [1.165, 1.54) is 37.4 Å². The molecule has 2 amide bonds. The first-order valence-corrected chi connectivity index (χ1v) is 12.5. The highest BCUT2D eigenvalue weighted by molar-refractivity contribution is 7.16. The van der Waals surface area contributed by atoms with E-state index >= 15 is 0 Å². The summed E-state index contributed by atoms with van der Waals surface area (Å²) in [6.45, 7) is 1.64. The summed E-state index contributed by atoms with van der Waals surface area (Å²) in [6, 6.07) is 8.94. The Morgan fingerprint density at radius 3 is 2.45 bits per heavy atom. The van der Waals surface area contributed by atoms with Gasteiger partial charge in [-0.25, -0.2) is 5.43 Å². The van der Waals surface area contributed by atoms with Gasteiger partial charge < -0.3 is 19.7 Å². The average Bonchev–Trinajstić information content (AvgIpc) is 3.65. The van der Waals surface area contributed by atoms with Crippen molar-refractivity contribution >= 4 is 40.2 Å². The number of carbonyl (C=O) groups is 2. The second-order valence-electron chi connectivity index (χ2n) is 7.72. The predicted molar refractivity (Wildman–Crippen MR) is 135 cm³/mol. The number of thiophene rings is 2. The van der Waals surface area contributed by atoms with Crippen LogP contribution in [0.5, 0.6) is 11.6 Å². The Morgan fingerprint density at radius 2 is 1.82 bits per heavy atom. The maximum Gasteiger partial charge on any atom is 0.416 e. The number of benzene rings is 1. The van der Waals surface area contributed by atoms with Crippen LogP contribution in [-0.4, -0.2) is 34.9 Å². The van der Waals surface area contributed by atoms with Crippen molar-refractivity contribution in [3.63, 3.8) is 0 Å². The summed E-state index contributed by atoms with van der Waals surface area (Å²) >= 11 is 2.09. The van der Waals surface area contributed by atoms with Gasteiger partial charge in [0, 0.05) is 11.4 Å². The van der Waals surface area contributed by atoms with Crippen LogP contribution >= 0.6 is 22.7 Å². The molecule has 0 aliphatic heterocycles. The zero-order valence-corrected chi connectivity index (χ0v) is 21.4. The molecule has 14 heteroatoms. The van der Waals surface area contributed by atoms with Gasteiger partial charge in [-0.05, 0) is 41.9 Å². The molecule has 1 aromatic carbocycles. The highest BCUT2D eigenvalue weighted by Gasteiger charge is 2.30. The lowest BCUT2D eigenvalue weighted by molar-refractivity contribution is -0.137. The second kappa shape index (κ2) is 11.1. The number of hydrogen-bond acceptors (Lipinski definition) is 9. The number of nitrogens with zero attached hydrogens (tertiary/aromatic N) is 2. The molecular weight excluding hydrogens is 545 g/mol. The van der Waals surface area contributed by atoms with Gasteiger partial charge in [-0.2, -0.15) is 18.3 Å². The summed E-state index contributed by atoms with van der Waals surface area (Å²) in [7, 11) is 1.44. The lowest BCUT2D eigenvalue weighted by Gasteiger charge is -2.07. The molecule has 0 bridgehead atoms. The van der Waals surface area contributed by atoms with E-state index in [9.17, 15) is 27.9 Å². The summed E-state index contributed by atoms with van der Waals surface area (Å²) in [4.78, 5) is 25.8. The number of rotatable bonds is 8. The summed E-state index contributed by atoms with van der Waals surface area (Å²) in [5.74, 6) is -0.460. The summed E-state index contributed by atoms with van der Waals surface area (Å²) < 4.78 is 48.3. The predicted octanol–water partition coefficient (Wildman–Crippen LogP) is 5.28. The Kier molecular flexibility index (Phi) is 7.83. The van der Waals surface area contributed by atoms with Gasteiger partial charge in [0.25, 0.3) is 17.7 Å². The van der Waals surface area contributed by atoms with Crippen molar-refractivity contribution in [3.8, 4) is 22.1 Å². The number of methoxy groups -OCH3 is 1. The molecule has 3 aromatic heterocycles. The molecule has 0 unspecified atom stereocenters. The first kappa shape index (κ1) is 26.9. The number of hydrazone groups is 1. The van der Waals surface area contributed by atoms with Gasteiger partial charge in [-0.3, -0.25) is 9.59 Å². The highest BCUT2D eigenvalue weighted by atomic mass is 32.1. The van der Waals surface area contributed by atoms with E-state index in [0.29, 0.717) is 26.6 Å². The SMILES string of the molecule is COc1cc(CNC(=O)c2ccc(C(=O)N/N=C(\C)c3csc(-c4ccc(C(F)(F)F)cc4)c3O)s2)on1. The number of halogens is 3. The second-order valence-corrected chi connectivity index (χ2v) is 9.69. The van der Waals surface area contributed by atoms with Crippen LogP contribution in [-0.2, 0) is 12.7 Å². The third kappa shape index (κ3) is 6.03. The summed E-state index contributed by atoms with van der Waals surface area (Å²) in [5.41, 5.74) is 2.60. The lowest BCUT2D eigenvalue weighted by atomic mass is 10.1. The van der Waals surface area contributed by atoms with Crippen LogP contribution in [0.15, 0.2) is 57.5 Å². The minimum absolute atomic E-state index is 0.0801. The summed E-state index contributed by atoms with van der Waals surface area (Å²) in [5, 5.41) is 22.5. The van der Waals surface area contributed by atoms with E-state index in [2.05, 4.69) is 21.0 Å². The number of carbonyl (C=O) groups excluding carboxylic acids is 2. The number of aromatic hydroxyl groups is 1. The Bertz CT molecular complexity index is 1490. The first-order valence-electron chi connectivity index (χ1n) is 10.8. The quantitative estimate of drug-likeness (QED) is 0.197. The minimum Gasteiger partial charge on any atom is -0.506 e. The molecule has 0 fully saturated rings. The third-order valence-corrected chi connectivity index (χ3v) is 7.28. The van der Waals surface area contributed by atoms with Crippen molar-refractivity contribution in [2.75, 3.05) is 7.11 Å². The molecule has 9 nitrogen and oxygen atoms in total. The average molecular weight is 565 g/mol. The normalized spacial score (nSPS) is 11.9. The van der Waals surface area contributed by atoms with Crippen molar-refractivity contribution in [1.29, 1.82) is 0 Å². The number of amides is 2. The zero-order chi connectivity index (χ0) is 27.4. The monoisotopic (exact) mass is 564 g/mol. The van der Waals surface area contributed by atoms with Gasteiger partial charge in [0.1, 0.15) is 5.75 Å². The number of ether oxygens (including phenoxy) is 1. The fraction of sp³-hybridized carbons (Fsp3) is 0.167. The van der Waals surface area contributed by atoms with Gasteiger partial charge in [0.2, 0.25) is 0 Å². The van der Waals surface area contributed by atoms with Crippen LogP contribution in [0.2, 0.25) is 0 Å². The molecular formula is C24H19F3N4O5S2. The van der Waals surface area contributed by atoms with E-state index < -0.39 is 23.6 Å². The van der Waals surface area contributed by atoms with Crippen LogP contribution in [0, 0.1) is 0 Å². The van der Waals surface area contributed by atoms with Crippen LogP contribution < -0.4 is 15.5 Å². The van der Waals surface area contributed by atoms with Crippen molar-refractivity contribution in [1.82, 2.24) is 15.9 Å². The molecule has 0 radical (unpaired) electrons. The fourth-order valence-corrected chi connectivity index (χ4v) is 5.01. The number of hydrogen-bond donors (Lipinski definition) is 3. The van der Waals surface area contributed by atoms with Gasteiger partial charge >= 0.3 is 6.18 Å². The fourth-order valence-electron chi connectivity index (χ4n) is 3.18. The van der Waals surface area contributed by atoms with Gasteiger partial charge in [-0.1, -0.05) is 12.1 Å². The molecule has 0 saturated heterocycles. The Balaban J connectivity index is 1.38. The molecule has 0 spiro atoms. The molecule has 0 saturated carbocycles. The smallest absolute Gasteiger partial charge is 0.416 e. The molecule has 3 N–H and O–H groups in total. The van der Waals surface area contributed by atoms with E-state index in [1.807, 2.05) is 0 Å². The number of alkyl halides is 3. The van der Waals surface area contributed by atoms with Crippen molar-refractivity contribution in [2.45, 2.75) is 19.6 Å². The molecule has 0 aliphatic rings. The summed E-state index contributed by atoms with van der Waals surface area (Å²) in [6.07, 6.45) is -4.46. The number of aromatic nitrogens is 1. The van der Waals surface area contributed by atoms with Crippen molar-refractivity contribution in [2.24, 2.45) is 5.10 Å².